The number of ether oxygens (including phenoxy) is 2. The molecule has 66 valence electrons. The summed E-state index contributed by atoms with van der Waals surface area (Å²) in [7, 11) is 1.47. The van der Waals surface area contributed by atoms with Crippen molar-refractivity contribution in [2.24, 2.45) is 0 Å². The molecule has 0 amide bonds. The summed E-state index contributed by atoms with van der Waals surface area (Å²) in [5.41, 5.74) is 0. The van der Waals surface area contributed by atoms with Crippen LogP contribution in [0.15, 0.2) is 0 Å². The number of aliphatic hydroxyl groups is 2. The molecule has 1 heterocycles. The van der Waals surface area contributed by atoms with E-state index in [1.165, 1.54) is 7.11 Å². The SMILES string of the molecule is CO[C@@H]1O[C@H](C)[C@@H](O)C[C@H]1O. The van der Waals surface area contributed by atoms with Crippen molar-refractivity contribution >= 4 is 0 Å². The molecule has 4 atom stereocenters. The molecule has 0 bridgehead atoms. The minimum absolute atomic E-state index is 0.261. The summed E-state index contributed by atoms with van der Waals surface area (Å²) in [4.78, 5) is 0. The van der Waals surface area contributed by atoms with Gasteiger partial charge in [-0.2, -0.15) is 0 Å². The van der Waals surface area contributed by atoms with Crippen molar-refractivity contribution < 1.29 is 19.7 Å². The van der Waals surface area contributed by atoms with Crippen LogP contribution in [0.1, 0.15) is 13.3 Å². The molecular formula is C7H14O4. The van der Waals surface area contributed by atoms with Crippen molar-refractivity contribution in [3.8, 4) is 0 Å². The minimum atomic E-state index is -0.716. The van der Waals surface area contributed by atoms with Crippen LogP contribution >= 0.6 is 0 Å². The Bertz CT molecular complexity index is 128. The Morgan fingerprint density at radius 3 is 2.55 bits per heavy atom. The van der Waals surface area contributed by atoms with Gasteiger partial charge in [0, 0.05) is 13.5 Å². The summed E-state index contributed by atoms with van der Waals surface area (Å²) in [5.74, 6) is 0. The molecular weight excluding hydrogens is 148 g/mol. The first-order valence-electron chi connectivity index (χ1n) is 3.69. The lowest BCUT2D eigenvalue weighted by Crippen LogP contribution is -2.46. The topological polar surface area (TPSA) is 58.9 Å². The van der Waals surface area contributed by atoms with E-state index in [-0.39, 0.29) is 6.10 Å². The van der Waals surface area contributed by atoms with Gasteiger partial charge < -0.3 is 19.7 Å². The van der Waals surface area contributed by atoms with Crippen LogP contribution in [0.3, 0.4) is 0 Å². The second-order valence-electron chi connectivity index (χ2n) is 2.82. The molecule has 1 rings (SSSR count). The van der Waals surface area contributed by atoms with Crippen LogP contribution in [0.2, 0.25) is 0 Å². The number of hydrogen-bond acceptors (Lipinski definition) is 4. The van der Waals surface area contributed by atoms with Crippen molar-refractivity contribution in [3.63, 3.8) is 0 Å². The Hall–Kier alpha value is -0.160. The fourth-order valence-electron chi connectivity index (χ4n) is 1.16. The zero-order valence-electron chi connectivity index (χ0n) is 6.73. The van der Waals surface area contributed by atoms with Crippen LogP contribution in [-0.4, -0.2) is 41.9 Å². The van der Waals surface area contributed by atoms with Gasteiger partial charge in [0.2, 0.25) is 0 Å². The summed E-state index contributed by atoms with van der Waals surface area (Å²) in [6.07, 6.45) is -1.83. The average molecular weight is 162 g/mol. The maximum absolute atomic E-state index is 9.25. The summed E-state index contributed by atoms with van der Waals surface area (Å²) >= 11 is 0. The summed E-state index contributed by atoms with van der Waals surface area (Å²) < 4.78 is 9.98. The highest BCUT2D eigenvalue weighted by molar-refractivity contribution is 4.77. The average Bonchev–Trinajstić information content (AvgIpc) is 1.97. The van der Waals surface area contributed by atoms with Gasteiger partial charge in [-0.05, 0) is 6.92 Å². The maximum Gasteiger partial charge on any atom is 0.183 e. The van der Waals surface area contributed by atoms with Crippen LogP contribution in [-0.2, 0) is 9.47 Å². The zero-order valence-corrected chi connectivity index (χ0v) is 6.73. The molecule has 0 aromatic rings. The van der Waals surface area contributed by atoms with Crippen molar-refractivity contribution in [1.29, 1.82) is 0 Å². The van der Waals surface area contributed by atoms with Crippen LogP contribution in [0.4, 0.5) is 0 Å². The van der Waals surface area contributed by atoms with E-state index in [0.29, 0.717) is 6.42 Å². The Kier molecular flexibility index (Phi) is 2.84. The largest absolute Gasteiger partial charge is 0.390 e. The molecule has 0 unspecified atom stereocenters. The molecule has 0 aromatic heterocycles. The normalized spacial score (nSPS) is 45.8. The molecule has 2 N–H and O–H groups in total. The molecule has 1 saturated heterocycles. The van der Waals surface area contributed by atoms with Crippen molar-refractivity contribution in [3.05, 3.63) is 0 Å². The lowest BCUT2D eigenvalue weighted by atomic mass is 10.0. The van der Waals surface area contributed by atoms with Crippen LogP contribution in [0.25, 0.3) is 0 Å². The molecule has 0 radical (unpaired) electrons. The molecule has 4 heteroatoms. The first-order chi connectivity index (χ1) is 5.15. The summed E-state index contributed by atoms with van der Waals surface area (Å²) in [5, 5.41) is 18.5. The van der Waals surface area contributed by atoms with E-state index in [0.717, 1.165) is 0 Å². The van der Waals surface area contributed by atoms with Crippen molar-refractivity contribution in [2.45, 2.75) is 37.9 Å². The summed E-state index contributed by atoms with van der Waals surface area (Å²) in [6, 6.07) is 0. The fraction of sp³-hybridized carbons (Fsp3) is 1.00. The van der Waals surface area contributed by atoms with Gasteiger partial charge in [-0.1, -0.05) is 0 Å². The maximum atomic E-state index is 9.25. The van der Waals surface area contributed by atoms with Gasteiger partial charge in [0.05, 0.1) is 12.2 Å². The molecule has 0 saturated carbocycles. The Balaban J connectivity index is 2.48. The number of methoxy groups -OCH3 is 1. The second kappa shape index (κ2) is 3.49. The van der Waals surface area contributed by atoms with Gasteiger partial charge >= 0.3 is 0 Å². The third-order valence-electron chi connectivity index (χ3n) is 1.92. The first kappa shape index (κ1) is 8.93. The van der Waals surface area contributed by atoms with E-state index < -0.39 is 18.5 Å². The van der Waals surface area contributed by atoms with E-state index in [9.17, 15) is 10.2 Å². The van der Waals surface area contributed by atoms with Gasteiger partial charge in [-0.25, -0.2) is 0 Å². The number of aliphatic hydroxyl groups excluding tert-OH is 2. The minimum Gasteiger partial charge on any atom is -0.390 e. The lowest BCUT2D eigenvalue weighted by molar-refractivity contribution is -0.251. The highest BCUT2D eigenvalue weighted by Gasteiger charge is 2.33. The monoisotopic (exact) mass is 162 g/mol. The van der Waals surface area contributed by atoms with Crippen LogP contribution < -0.4 is 0 Å². The first-order valence-corrected chi connectivity index (χ1v) is 3.69. The summed E-state index contributed by atoms with van der Waals surface area (Å²) in [6.45, 7) is 1.75. The molecule has 1 aliphatic rings. The van der Waals surface area contributed by atoms with Gasteiger partial charge in [-0.15, -0.1) is 0 Å². The molecule has 4 nitrogen and oxygen atoms in total. The lowest BCUT2D eigenvalue weighted by Gasteiger charge is -2.34. The van der Waals surface area contributed by atoms with E-state index in [1.807, 2.05) is 0 Å². The number of rotatable bonds is 1. The molecule has 0 aromatic carbocycles. The molecule has 1 fully saturated rings. The zero-order chi connectivity index (χ0) is 8.43. The standard InChI is InChI=1S/C7H14O4/c1-4-5(8)3-6(9)7(10-2)11-4/h4-9H,3H2,1-2H3/t4-,5+,6-,7-/m1/s1. The quantitative estimate of drug-likeness (QED) is 0.545. The molecule has 11 heavy (non-hydrogen) atoms. The van der Waals surface area contributed by atoms with Crippen molar-refractivity contribution in [2.75, 3.05) is 7.11 Å². The molecule has 1 aliphatic heterocycles. The van der Waals surface area contributed by atoms with Crippen LogP contribution in [0.5, 0.6) is 0 Å². The van der Waals surface area contributed by atoms with Crippen LogP contribution in [0, 0.1) is 0 Å². The molecule has 0 aliphatic carbocycles. The van der Waals surface area contributed by atoms with E-state index in [1.54, 1.807) is 6.92 Å². The van der Waals surface area contributed by atoms with E-state index in [2.05, 4.69) is 0 Å². The third-order valence-corrected chi connectivity index (χ3v) is 1.92. The van der Waals surface area contributed by atoms with E-state index in [4.69, 9.17) is 9.47 Å². The highest BCUT2D eigenvalue weighted by Crippen LogP contribution is 2.19. The molecule has 0 spiro atoms. The number of hydrogen-bond donors (Lipinski definition) is 2. The van der Waals surface area contributed by atoms with Gasteiger partial charge in [0.15, 0.2) is 6.29 Å². The Morgan fingerprint density at radius 1 is 1.36 bits per heavy atom. The smallest absolute Gasteiger partial charge is 0.183 e. The third kappa shape index (κ3) is 1.90. The Morgan fingerprint density at radius 2 is 2.00 bits per heavy atom. The van der Waals surface area contributed by atoms with Gasteiger partial charge in [0.25, 0.3) is 0 Å². The predicted octanol–water partition coefficient (Wildman–Crippen LogP) is -0.510. The highest BCUT2D eigenvalue weighted by atomic mass is 16.7. The van der Waals surface area contributed by atoms with Crippen molar-refractivity contribution in [1.82, 2.24) is 0 Å². The van der Waals surface area contributed by atoms with Gasteiger partial charge in [0.1, 0.15) is 6.10 Å². The fourth-order valence-corrected chi connectivity index (χ4v) is 1.16. The predicted molar refractivity (Wildman–Crippen MR) is 38.0 cm³/mol. The Labute approximate surface area is 65.7 Å². The second-order valence-corrected chi connectivity index (χ2v) is 2.82. The van der Waals surface area contributed by atoms with E-state index >= 15 is 0 Å². The van der Waals surface area contributed by atoms with Gasteiger partial charge in [-0.3, -0.25) is 0 Å².